The van der Waals surface area contributed by atoms with Crippen molar-refractivity contribution >= 4 is 0 Å². The quantitative estimate of drug-likeness (QED) is 0.384. The molecule has 0 radical (unpaired) electrons. The van der Waals surface area contributed by atoms with Gasteiger partial charge in [-0.2, -0.15) is 13.2 Å². The number of ether oxygens (including phenoxy) is 2. The van der Waals surface area contributed by atoms with Crippen molar-refractivity contribution in [3.63, 3.8) is 0 Å². The van der Waals surface area contributed by atoms with Gasteiger partial charge >= 0.3 is 6.18 Å². The van der Waals surface area contributed by atoms with Gasteiger partial charge < -0.3 is 29.9 Å². The van der Waals surface area contributed by atoms with Crippen molar-refractivity contribution in [2.24, 2.45) is 0 Å². The highest BCUT2D eigenvalue weighted by molar-refractivity contribution is 5.39. The van der Waals surface area contributed by atoms with Crippen molar-refractivity contribution in [3.8, 4) is 5.88 Å². The smallest absolute Gasteiger partial charge is 0.433 e. The topological polar surface area (TPSA) is 117 Å². The van der Waals surface area contributed by atoms with E-state index in [1.807, 2.05) is 26.0 Å². The third-order valence-corrected chi connectivity index (χ3v) is 6.57. The molecule has 6 atom stereocenters. The summed E-state index contributed by atoms with van der Waals surface area (Å²) < 4.78 is 55.4. The molecule has 3 unspecified atom stereocenters. The van der Waals surface area contributed by atoms with E-state index < -0.39 is 55.2 Å². The standard InChI is InChI=1S/C25H35F3N2O6/c1-4-7-16(6-3)30-22(25(26,27)28)17(12-15-10-8-14(5-2)9-11-15)23(29-30)36-24-21(34)20(33)19(32)18(13-31)35-24/h8-11,16,18-21,24,31-34H,4-7,12-13H2,1-3H3/t16?,18-,19-,20?,21-,24?/m1/s1. The Morgan fingerprint density at radius 3 is 2.19 bits per heavy atom. The van der Waals surface area contributed by atoms with Crippen LogP contribution in [0.25, 0.3) is 0 Å². The molecule has 2 heterocycles. The van der Waals surface area contributed by atoms with Crippen LogP contribution >= 0.6 is 0 Å². The minimum Gasteiger partial charge on any atom is -0.443 e. The van der Waals surface area contributed by atoms with Crippen molar-refractivity contribution in [1.29, 1.82) is 0 Å². The first-order valence-corrected chi connectivity index (χ1v) is 12.3. The molecule has 0 aliphatic carbocycles. The Morgan fingerprint density at radius 1 is 1.03 bits per heavy atom. The summed E-state index contributed by atoms with van der Waals surface area (Å²) in [5.74, 6) is -0.388. The van der Waals surface area contributed by atoms with Crippen molar-refractivity contribution in [3.05, 3.63) is 46.6 Å². The van der Waals surface area contributed by atoms with Crippen LogP contribution in [0.15, 0.2) is 24.3 Å². The second-order valence-corrected chi connectivity index (χ2v) is 9.09. The maximum absolute atomic E-state index is 14.5. The van der Waals surface area contributed by atoms with Gasteiger partial charge in [-0.3, -0.25) is 4.68 Å². The number of aryl methyl sites for hydroxylation is 1. The lowest BCUT2D eigenvalue weighted by atomic mass is 9.99. The normalized spacial score (nSPS) is 25.7. The Hall–Kier alpha value is -2.18. The zero-order valence-electron chi connectivity index (χ0n) is 20.6. The Bertz CT molecular complexity index is 979. The van der Waals surface area contributed by atoms with Gasteiger partial charge in [0.15, 0.2) is 0 Å². The van der Waals surface area contributed by atoms with Crippen LogP contribution in [0.2, 0.25) is 0 Å². The summed E-state index contributed by atoms with van der Waals surface area (Å²) in [7, 11) is 0. The Morgan fingerprint density at radius 2 is 1.67 bits per heavy atom. The summed E-state index contributed by atoms with van der Waals surface area (Å²) >= 11 is 0. The lowest BCUT2D eigenvalue weighted by Crippen LogP contribution is -2.60. The van der Waals surface area contributed by atoms with Crippen LogP contribution in [0.3, 0.4) is 0 Å². The third-order valence-electron chi connectivity index (χ3n) is 6.57. The van der Waals surface area contributed by atoms with E-state index >= 15 is 0 Å². The van der Waals surface area contributed by atoms with E-state index in [0.29, 0.717) is 24.8 Å². The SMILES string of the molecule is CCCC(CC)n1nc(OC2O[C@H](CO)[C@@H](O)C(O)[C@H]2O)c(Cc2ccc(CC)cc2)c1C(F)(F)F. The first-order chi connectivity index (χ1) is 17.0. The number of aromatic nitrogens is 2. The van der Waals surface area contributed by atoms with Gasteiger partial charge in [0.25, 0.3) is 0 Å². The van der Waals surface area contributed by atoms with Crippen LogP contribution in [0.5, 0.6) is 5.88 Å². The lowest BCUT2D eigenvalue weighted by molar-refractivity contribution is -0.278. The summed E-state index contributed by atoms with van der Waals surface area (Å²) in [6.07, 6.45) is -10.7. The van der Waals surface area contributed by atoms with E-state index in [1.54, 1.807) is 19.1 Å². The molecule has 8 nitrogen and oxygen atoms in total. The van der Waals surface area contributed by atoms with Crippen LogP contribution in [0, 0.1) is 0 Å². The molecule has 0 spiro atoms. The predicted octanol–water partition coefficient (Wildman–Crippen LogP) is 2.99. The molecule has 11 heteroatoms. The maximum Gasteiger partial charge on any atom is 0.433 e. The first-order valence-electron chi connectivity index (χ1n) is 12.3. The fraction of sp³-hybridized carbons (Fsp3) is 0.640. The number of nitrogens with zero attached hydrogens (tertiary/aromatic N) is 2. The van der Waals surface area contributed by atoms with Crippen molar-refractivity contribution in [2.45, 2.75) is 95.8 Å². The van der Waals surface area contributed by atoms with E-state index in [0.717, 1.165) is 16.7 Å². The van der Waals surface area contributed by atoms with E-state index in [1.165, 1.54) is 0 Å². The van der Waals surface area contributed by atoms with Gasteiger partial charge in [-0.25, -0.2) is 0 Å². The van der Waals surface area contributed by atoms with Gasteiger partial charge in [0.05, 0.1) is 18.2 Å². The molecule has 1 aromatic carbocycles. The number of halogens is 3. The number of aliphatic hydroxyl groups excluding tert-OH is 4. The summed E-state index contributed by atoms with van der Waals surface area (Å²) in [4.78, 5) is 0. The van der Waals surface area contributed by atoms with Crippen molar-refractivity contribution in [1.82, 2.24) is 9.78 Å². The molecule has 202 valence electrons. The lowest BCUT2D eigenvalue weighted by Gasteiger charge is -2.39. The molecule has 0 bridgehead atoms. The zero-order chi connectivity index (χ0) is 26.6. The Labute approximate surface area is 208 Å². The van der Waals surface area contributed by atoms with Gasteiger partial charge in [-0.15, -0.1) is 5.10 Å². The third kappa shape index (κ3) is 6.03. The van der Waals surface area contributed by atoms with Crippen molar-refractivity contribution < 1.29 is 43.1 Å². The second kappa shape index (κ2) is 11.9. The number of benzene rings is 1. The average Bonchev–Trinajstić information content (AvgIpc) is 3.21. The number of hydrogen-bond donors (Lipinski definition) is 4. The number of rotatable bonds is 10. The predicted molar refractivity (Wildman–Crippen MR) is 124 cm³/mol. The van der Waals surface area contributed by atoms with E-state index in [9.17, 15) is 33.6 Å². The molecule has 2 aromatic rings. The van der Waals surface area contributed by atoms with Gasteiger partial charge in [0.2, 0.25) is 12.2 Å². The van der Waals surface area contributed by atoms with Gasteiger partial charge in [0, 0.05) is 6.42 Å². The zero-order valence-corrected chi connectivity index (χ0v) is 20.6. The number of aliphatic hydroxyl groups is 4. The number of hydrogen-bond acceptors (Lipinski definition) is 7. The van der Waals surface area contributed by atoms with Crippen molar-refractivity contribution in [2.75, 3.05) is 6.61 Å². The molecule has 0 amide bonds. The maximum atomic E-state index is 14.5. The highest BCUT2D eigenvalue weighted by atomic mass is 19.4. The molecule has 1 aliphatic heterocycles. The first kappa shape index (κ1) is 28.4. The molecule has 4 N–H and O–H groups in total. The molecule has 0 saturated carbocycles. The summed E-state index contributed by atoms with van der Waals surface area (Å²) in [6.45, 7) is 4.94. The monoisotopic (exact) mass is 516 g/mol. The molecule has 1 aromatic heterocycles. The van der Waals surface area contributed by atoms with E-state index in [-0.39, 0.29) is 17.9 Å². The minimum absolute atomic E-state index is 0.145. The molecular weight excluding hydrogens is 481 g/mol. The molecule has 1 aliphatic rings. The summed E-state index contributed by atoms with van der Waals surface area (Å²) in [6, 6.07) is 6.64. The molecular formula is C25H35F3N2O6. The van der Waals surface area contributed by atoms with Gasteiger partial charge in [0.1, 0.15) is 30.1 Å². The van der Waals surface area contributed by atoms with Crippen LogP contribution < -0.4 is 4.74 Å². The fourth-order valence-electron chi connectivity index (χ4n) is 4.47. The Balaban J connectivity index is 2.10. The average molecular weight is 517 g/mol. The number of alkyl halides is 3. The summed E-state index contributed by atoms with van der Waals surface area (Å²) in [5.41, 5.74) is 0.483. The van der Waals surface area contributed by atoms with E-state index in [2.05, 4.69) is 5.10 Å². The molecule has 1 fully saturated rings. The molecule has 3 rings (SSSR count). The summed E-state index contributed by atoms with van der Waals surface area (Å²) in [5, 5.41) is 44.2. The second-order valence-electron chi connectivity index (χ2n) is 9.09. The minimum atomic E-state index is -4.75. The van der Waals surface area contributed by atoms with Gasteiger partial charge in [-0.05, 0) is 30.4 Å². The fourth-order valence-corrected chi connectivity index (χ4v) is 4.47. The van der Waals surface area contributed by atoms with Gasteiger partial charge in [-0.1, -0.05) is 51.5 Å². The van der Waals surface area contributed by atoms with Crippen LogP contribution in [0.4, 0.5) is 13.2 Å². The Kier molecular flexibility index (Phi) is 9.39. The van der Waals surface area contributed by atoms with E-state index in [4.69, 9.17) is 9.47 Å². The highest BCUT2D eigenvalue weighted by Crippen LogP contribution is 2.41. The van der Waals surface area contributed by atoms with Crippen LogP contribution in [-0.2, 0) is 23.8 Å². The van der Waals surface area contributed by atoms with Crippen LogP contribution in [-0.4, -0.2) is 67.5 Å². The highest BCUT2D eigenvalue weighted by Gasteiger charge is 2.47. The largest absolute Gasteiger partial charge is 0.443 e. The molecule has 1 saturated heterocycles. The molecule has 36 heavy (non-hydrogen) atoms. The van der Waals surface area contributed by atoms with Crippen LogP contribution in [0.1, 0.15) is 68.5 Å².